The molecule has 2 rings (SSSR count). The zero-order chi connectivity index (χ0) is 20.0. The molecule has 0 bridgehead atoms. The number of anilines is 1. The Hall–Kier alpha value is -1.30. The van der Waals surface area contributed by atoms with Gasteiger partial charge in [-0.05, 0) is 31.5 Å². The van der Waals surface area contributed by atoms with Crippen LogP contribution in [0, 0.1) is 0 Å². The van der Waals surface area contributed by atoms with E-state index < -0.39 is 12.2 Å². The molecule has 1 atom stereocenters. The first-order valence-corrected chi connectivity index (χ1v) is 9.18. The number of piperazine rings is 1. The molecule has 2 heterocycles. The Balaban J connectivity index is 0.00000392. The minimum absolute atomic E-state index is 0. The van der Waals surface area contributed by atoms with Gasteiger partial charge in [-0.15, -0.1) is 24.0 Å². The van der Waals surface area contributed by atoms with Crippen LogP contribution in [-0.2, 0) is 6.54 Å². The normalized spacial score (nSPS) is 17.1. The minimum atomic E-state index is -4.19. The van der Waals surface area contributed by atoms with E-state index in [0.29, 0.717) is 39.3 Å². The van der Waals surface area contributed by atoms with Crippen LogP contribution in [0.25, 0.3) is 0 Å². The van der Waals surface area contributed by atoms with E-state index in [0.717, 1.165) is 17.3 Å². The van der Waals surface area contributed by atoms with Gasteiger partial charge in [0.05, 0.1) is 6.54 Å². The summed E-state index contributed by atoms with van der Waals surface area (Å²) in [4.78, 5) is 14.4. The maximum Gasteiger partial charge on any atom is 0.403 e. The Morgan fingerprint density at radius 2 is 1.93 bits per heavy atom. The Morgan fingerprint density at radius 3 is 2.46 bits per heavy atom. The molecule has 1 aliphatic heterocycles. The van der Waals surface area contributed by atoms with E-state index in [1.54, 1.807) is 6.20 Å². The first kappa shape index (κ1) is 24.7. The van der Waals surface area contributed by atoms with Crippen LogP contribution in [0.2, 0.25) is 0 Å². The largest absolute Gasteiger partial charge is 0.403 e. The van der Waals surface area contributed by atoms with Gasteiger partial charge in [-0.2, -0.15) is 13.2 Å². The van der Waals surface area contributed by atoms with Gasteiger partial charge in [-0.3, -0.25) is 4.90 Å². The van der Waals surface area contributed by atoms with Crippen molar-refractivity contribution in [3.05, 3.63) is 23.9 Å². The van der Waals surface area contributed by atoms with Crippen LogP contribution in [0.15, 0.2) is 23.3 Å². The minimum Gasteiger partial charge on any atom is -0.363 e. The molecule has 10 heteroatoms. The molecule has 0 amide bonds. The number of nitrogens with one attached hydrogen (secondary N) is 1. The Kier molecular flexibility index (Phi) is 9.75. The number of hydrogen-bond donors (Lipinski definition) is 1. The highest BCUT2D eigenvalue weighted by Gasteiger charge is 2.41. The van der Waals surface area contributed by atoms with Gasteiger partial charge in [-0.1, -0.05) is 0 Å². The van der Waals surface area contributed by atoms with Crippen molar-refractivity contribution < 1.29 is 13.2 Å². The van der Waals surface area contributed by atoms with Crippen molar-refractivity contribution >= 4 is 35.8 Å². The zero-order valence-electron chi connectivity index (χ0n) is 16.8. The molecule has 0 radical (unpaired) electrons. The van der Waals surface area contributed by atoms with Crippen molar-refractivity contribution in [2.75, 3.05) is 51.7 Å². The van der Waals surface area contributed by atoms with Crippen molar-refractivity contribution in [3.63, 3.8) is 0 Å². The van der Waals surface area contributed by atoms with Crippen molar-refractivity contribution in [1.82, 2.24) is 20.1 Å². The standard InChI is InChI=1S/C18H29F3N6.HI/c1-5-22-17(24-13-15-6-7-23-16(12-15)25(3)4)27-10-8-26(9-11-27)14(2)18(19,20)21;/h6-7,12,14H,5,8-11,13H2,1-4H3,(H,22,24);1H. The number of nitrogens with zero attached hydrogens (tertiary/aromatic N) is 5. The summed E-state index contributed by atoms with van der Waals surface area (Å²) in [5.74, 6) is 1.60. The second-order valence-corrected chi connectivity index (χ2v) is 6.83. The number of guanidine groups is 1. The second kappa shape index (κ2) is 11.0. The second-order valence-electron chi connectivity index (χ2n) is 6.83. The van der Waals surface area contributed by atoms with Crippen LogP contribution in [0.5, 0.6) is 0 Å². The molecule has 0 aromatic carbocycles. The first-order valence-electron chi connectivity index (χ1n) is 9.18. The van der Waals surface area contributed by atoms with Gasteiger partial charge in [0.25, 0.3) is 0 Å². The summed E-state index contributed by atoms with van der Waals surface area (Å²) in [6.45, 7) is 6.17. The third-order valence-corrected chi connectivity index (χ3v) is 4.65. The van der Waals surface area contributed by atoms with E-state index in [2.05, 4.69) is 15.3 Å². The lowest BCUT2D eigenvalue weighted by atomic mass is 10.2. The van der Waals surface area contributed by atoms with Crippen molar-refractivity contribution in [3.8, 4) is 0 Å². The summed E-state index contributed by atoms with van der Waals surface area (Å²) in [7, 11) is 3.86. The number of rotatable bonds is 5. The van der Waals surface area contributed by atoms with Gasteiger partial charge >= 0.3 is 6.18 Å². The van der Waals surface area contributed by atoms with Crippen molar-refractivity contribution in [2.45, 2.75) is 32.6 Å². The highest BCUT2D eigenvalue weighted by atomic mass is 127. The molecular formula is C18H30F3IN6. The molecule has 28 heavy (non-hydrogen) atoms. The van der Waals surface area contributed by atoms with Crippen LogP contribution < -0.4 is 10.2 Å². The van der Waals surface area contributed by atoms with E-state index >= 15 is 0 Å². The van der Waals surface area contributed by atoms with E-state index in [1.165, 1.54) is 11.8 Å². The molecule has 0 spiro atoms. The molecule has 1 fully saturated rings. The Morgan fingerprint density at radius 1 is 1.29 bits per heavy atom. The Labute approximate surface area is 182 Å². The summed E-state index contributed by atoms with van der Waals surface area (Å²) in [6.07, 6.45) is -2.43. The van der Waals surface area contributed by atoms with Crippen molar-refractivity contribution in [1.29, 1.82) is 0 Å². The van der Waals surface area contributed by atoms with Crippen LogP contribution in [0.1, 0.15) is 19.4 Å². The number of pyridine rings is 1. The third-order valence-electron chi connectivity index (χ3n) is 4.65. The number of halogens is 4. The smallest absolute Gasteiger partial charge is 0.363 e. The predicted octanol–water partition coefficient (Wildman–Crippen LogP) is 2.80. The summed E-state index contributed by atoms with van der Waals surface area (Å²) >= 11 is 0. The molecule has 1 aliphatic rings. The number of aliphatic imine (C=N–C) groups is 1. The maximum absolute atomic E-state index is 12.9. The predicted molar refractivity (Wildman–Crippen MR) is 117 cm³/mol. The monoisotopic (exact) mass is 514 g/mol. The maximum atomic E-state index is 12.9. The summed E-state index contributed by atoms with van der Waals surface area (Å²) in [6, 6.07) is 2.49. The third kappa shape index (κ3) is 6.94. The average molecular weight is 514 g/mol. The molecular weight excluding hydrogens is 484 g/mol. The zero-order valence-corrected chi connectivity index (χ0v) is 19.2. The SMILES string of the molecule is CCNC(=NCc1ccnc(N(C)C)c1)N1CCN(C(C)C(F)(F)F)CC1.I. The molecule has 1 saturated heterocycles. The number of aromatic nitrogens is 1. The highest BCUT2D eigenvalue weighted by molar-refractivity contribution is 14.0. The first-order chi connectivity index (χ1) is 12.7. The fourth-order valence-corrected chi connectivity index (χ4v) is 2.92. The van der Waals surface area contributed by atoms with Crippen LogP contribution >= 0.6 is 24.0 Å². The van der Waals surface area contributed by atoms with Crippen molar-refractivity contribution in [2.24, 2.45) is 4.99 Å². The number of alkyl halides is 3. The molecule has 6 nitrogen and oxygen atoms in total. The fraction of sp³-hybridized carbons (Fsp3) is 0.667. The molecule has 1 aromatic rings. The molecule has 1 N–H and O–H groups in total. The Bertz CT molecular complexity index is 630. The van der Waals surface area contributed by atoms with Gasteiger partial charge < -0.3 is 15.1 Å². The quantitative estimate of drug-likeness (QED) is 0.372. The topological polar surface area (TPSA) is 47.0 Å². The van der Waals surface area contributed by atoms with Crippen LogP contribution in [-0.4, -0.2) is 79.8 Å². The van der Waals surface area contributed by atoms with E-state index in [9.17, 15) is 13.2 Å². The van der Waals surface area contributed by atoms with Gasteiger partial charge in [-0.25, -0.2) is 9.98 Å². The lowest BCUT2D eigenvalue weighted by Crippen LogP contribution is -2.56. The van der Waals surface area contributed by atoms with Gasteiger partial charge in [0.15, 0.2) is 5.96 Å². The summed E-state index contributed by atoms with van der Waals surface area (Å²) in [5.41, 5.74) is 1.04. The molecule has 0 aliphatic carbocycles. The van der Waals surface area contributed by atoms with E-state index in [1.807, 2.05) is 43.0 Å². The lowest BCUT2D eigenvalue weighted by Gasteiger charge is -2.39. The lowest BCUT2D eigenvalue weighted by molar-refractivity contribution is -0.181. The summed E-state index contributed by atoms with van der Waals surface area (Å²) < 4.78 is 38.7. The van der Waals surface area contributed by atoms with E-state index in [4.69, 9.17) is 0 Å². The van der Waals surface area contributed by atoms with Crippen LogP contribution in [0.3, 0.4) is 0 Å². The molecule has 1 aromatic heterocycles. The van der Waals surface area contributed by atoms with Gasteiger partial charge in [0.2, 0.25) is 0 Å². The molecule has 0 saturated carbocycles. The molecule has 160 valence electrons. The fourth-order valence-electron chi connectivity index (χ4n) is 2.92. The van der Waals surface area contributed by atoms with Gasteiger partial charge in [0, 0.05) is 53.0 Å². The van der Waals surface area contributed by atoms with E-state index in [-0.39, 0.29) is 24.0 Å². The van der Waals surface area contributed by atoms with Gasteiger partial charge in [0.1, 0.15) is 11.9 Å². The van der Waals surface area contributed by atoms with Crippen LogP contribution in [0.4, 0.5) is 19.0 Å². The molecule has 1 unspecified atom stereocenters. The average Bonchev–Trinajstić information content (AvgIpc) is 2.64. The number of hydrogen-bond acceptors (Lipinski definition) is 4. The highest BCUT2D eigenvalue weighted by Crippen LogP contribution is 2.25. The summed E-state index contributed by atoms with van der Waals surface area (Å²) in [5, 5.41) is 3.24.